The predicted molar refractivity (Wildman–Crippen MR) is 95.8 cm³/mol. The molecular formula is C19H30BrN. The Labute approximate surface area is 139 Å². The SMILES string of the molecule is CC(C)CCCCCCNC1CC(c2ccc(Br)cc2)C1. The van der Waals surface area contributed by atoms with Gasteiger partial charge in [-0.3, -0.25) is 0 Å². The van der Waals surface area contributed by atoms with Crippen LogP contribution in [0.2, 0.25) is 0 Å². The van der Waals surface area contributed by atoms with Crippen molar-refractivity contribution < 1.29 is 0 Å². The van der Waals surface area contributed by atoms with Crippen LogP contribution in [0.5, 0.6) is 0 Å². The highest BCUT2D eigenvalue weighted by atomic mass is 79.9. The van der Waals surface area contributed by atoms with E-state index in [2.05, 4.69) is 59.4 Å². The summed E-state index contributed by atoms with van der Waals surface area (Å²) in [5, 5.41) is 3.72. The largest absolute Gasteiger partial charge is 0.314 e. The molecule has 0 aliphatic heterocycles. The Morgan fingerprint density at radius 1 is 1.05 bits per heavy atom. The molecule has 2 rings (SSSR count). The summed E-state index contributed by atoms with van der Waals surface area (Å²) in [5.74, 6) is 1.65. The van der Waals surface area contributed by atoms with Crippen LogP contribution in [0.15, 0.2) is 28.7 Å². The minimum absolute atomic E-state index is 0.759. The molecule has 0 amide bonds. The Hall–Kier alpha value is -0.340. The summed E-state index contributed by atoms with van der Waals surface area (Å²) < 4.78 is 1.18. The van der Waals surface area contributed by atoms with E-state index in [1.807, 2.05) is 0 Å². The second kappa shape index (κ2) is 8.95. The van der Waals surface area contributed by atoms with Crippen LogP contribution in [-0.4, -0.2) is 12.6 Å². The zero-order valence-corrected chi connectivity index (χ0v) is 15.2. The summed E-state index contributed by atoms with van der Waals surface area (Å²) in [5.41, 5.74) is 1.50. The van der Waals surface area contributed by atoms with Crippen molar-refractivity contribution in [1.82, 2.24) is 5.32 Å². The Balaban J connectivity index is 1.48. The standard InChI is InChI=1S/C19H30BrN/c1-15(2)7-5-3-4-6-12-21-19-13-17(14-19)16-8-10-18(20)11-9-16/h8-11,15,17,19,21H,3-7,12-14H2,1-2H3. The Morgan fingerprint density at radius 2 is 1.71 bits per heavy atom. The lowest BCUT2D eigenvalue weighted by molar-refractivity contribution is 0.289. The summed E-state index contributed by atoms with van der Waals surface area (Å²) in [6.07, 6.45) is 9.58. The molecule has 1 fully saturated rings. The van der Waals surface area contributed by atoms with Gasteiger partial charge in [0.1, 0.15) is 0 Å². The van der Waals surface area contributed by atoms with Gasteiger partial charge < -0.3 is 5.32 Å². The zero-order valence-electron chi connectivity index (χ0n) is 13.6. The number of rotatable bonds is 9. The molecule has 21 heavy (non-hydrogen) atoms. The van der Waals surface area contributed by atoms with Crippen LogP contribution >= 0.6 is 15.9 Å². The van der Waals surface area contributed by atoms with Gasteiger partial charge in [0, 0.05) is 10.5 Å². The van der Waals surface area contributed by atoms with E-state index in [-0.39, 0.29) is 0 Å². The van der Waals surface area contributed by atoms with Crippen LogP contribution in [-0.2, 0) is 0 Å². The maximum atomic E-state index is 3.72. The predicted octanol–water partition coefficient (Wildman–Crippen LogP) is 5.89. The molecule has 1 aromatic rings. The first kappa shape index (κ1) is 17.0. The van der Waals surface area contributed by atoms with Gasteiger partial charge in [-0.2, -0.15) is 0 Å². The molecule has 1 nitrogen and oxygen atoms in total. The van der Waals surface area contributed by atoms with Crippen LogP contribution in [0.3, 0.4) is 0 Å². The Bertz CT molecular complexity index is 393. The van der Waals surface area contributed by atoms with E-state index in [4.69, 9.17) is 0 Å². The van der Waals surface area contributed by atoms with Crippen molar-refractivity contribution in [2.24, 2.45) is 5.92 Å². The van der Waals surface area contributed by atoms with Gasteiger partial charge in [-0.25, -0.2) is 0 Å². The Kier molecular flexibility index (Phi) is 7.25. The van der Waals surface area contributed by atoms with Crippen LogP contribution in [0.4, 0.5) is 0 Å². The third-order valence-corrected chi connectivity index (χ3v) is 5.15. The molecule has 1 saturated carbocycles. The van der Waals surface area contributed by atoms with E-state index in [1.54, 1.807) is 0 Å². The molecule has 0 spiro atoms. The van der Waals surface area contributed by atoms with Crippen molar-refractivity contribution in [1.29, 1.82) is 0 Å². The maximum absolute atomic E-state index is 3.72. The first-order valence-electron chi connectivity index (χ1n) is 8.64. The van der Waals surface area contributed by atoms with E-state index in [9.17, 15) is 0 Å². The summed E-state index contributed by atoms with van der Waals surface area (Å²) in [6.45, 7) is 5.85. The minimum atomic E-state index is 0.759. The average Bonchev–Trinajstić information content (AvgIpc) is 2.41. The fourth-order valence-corrected chi connectivity index (χ4v) is 3.39. The monoisotopic (exact) mass is 351 g/mol. The molecular weight excluding hydrogens is 322 g/mol. The van der Waals surface area contributed by atoms with E-state index in [1.165, 1.54) is 61.5 Å². The van der Waals surface area contributed by atoms with Crippen LogP contribution in [0, 0.1) is 5.92 Å². The second-order valence-electron chi connectivity index (χ2n) is 6.97. The number of unbranched alkanes of at least 4 members (excludes halogenated alkanes) is 3. The summed E-state index contributed by atoms with van der Waals surface area (Å²) in [7, 11) is 0. The number of hydrogen-bond acceptors (Lipinski definition) is 1. The van der Waals surface area contributed by atoms with Gasteiger partial charge >= 0.3 is 0 Å². The van der Waals surface area contributed by atoms with Gasteiger partial charge in [0.2, 0.25) is 0 Å². The first-order valence-corrected chi connectivity index (χ1v) is 9.43. The molecule has 0 atom stereocenters. The number of nitrogens with one attached hydrogen (secondary N) is 1. The van der Waals surface area contributed by atoms with E-state index >= 15 is 0 Å². The van der Waals surface area contributed by atoms with Crippen LogP contribution in [0.1, 0.15) is 70.3 Å². The highest BCUT2D eigenvalue weighted by molar-refractivity contribution is 9.10. The van der Waals surface area contributed by atoms with Crippen molar-refractivity contribution in [3.63, 3.8) is 0 Å². The molecule has 0 unspecified atom stereocenters. The highest BCUT2D eigenvalue weighted by Gasteiger charge is 2.29. The molecule has 1 aliphatic carbocycles. The van der Waals surface area contributed by atoms with E-state index in [0.717, 1.165) is 17.9 Å². The van der Waals surface area contributed by atoms with E-state index < -0.39 is 0 Å². The zero-order chi connectivity index (χ0) is 15.1. The van der Waals surface area contributed by atoms with E-state index in [0.29, 0.717) is 0 Å². The number of benzene rings is 1. The molecule has 0 heterocycles. The van der Waals surface area contributed by atoms with Crippen molar-refractivity contribution in [3.05, 3.63) is 34.3 Å². The molecule has 1 aliphatic rings. The normalized spacial score (nSPS) is 21.5. The molecule has 0 saturated heterocycles. The molecule has 0 bridgehead atoms. The van der Waals surface area contributed by atoms with Crippen molar-refractivity contribution >= 4 is 15.9 Å². The van der Waals surface area contributed by atoms with Gasteiger partial charge in [-0.15, -0.1) is 0 Å². The third kappa shape index (κ3) is 6.12. The van der Waals surface area contributed by atoms with Crippen LogP contribution < -0.4 is 5.32 Å². The topological polar surface area (TPSA) is 12.0 Å². The quantitative estimate of drug-likeness (QED) is 0.546. The van der Waals surface area contributed by atoms with Gasteiger partial charge in [-0.1, -0.05) is 67.6 Å². The number of halogens is 1. The fourth-order valence-electron chi connectivity index (χ4n) is 3.13. The molecule has 1 aromatic carbocycles. The summed E-state index contributed by atoms with van der Waals surface area (Å²) in [4.78, 5) is 0. The lowest BCUT2D eigenvalue weighted by Gasteiger charge is -2.36. The molecule has 1 N–H and O–H groups in total. The van der Waals surface area contributed by atoms with Crippen LogP contribution in [0.25, 0.3) is 0 Å². The van der Waals surface area contributed by atoms with Crippen molar-refractivity contribution in [2.75, 3.05) is 6.54 Å². The Morgan fingerprint density at radius 3 is 2.38 bits per heavy atom. The maximum Gasteiger partial charge on any atom is 0.0175 e. The molecule has 0 radical (unpaired) electrons. The van der Waals surface area contributed by atoms with Gasteiger partial charge in [-0.05, 0) is 55.3 Å². The molecule has 0 aromatic heterocycles. The number of hydrogen-bond donors (Lipinski definition) is 1. The second-order valence-corrected chi connectivity index (χ2v) is 7.88. The van der Waals surface area contributed by atoms with Crippen molar-refractivity contribution in [2.45, 2.75) is 70.8 Å². The average molecular weight is 352 g/mol. The van der Waals surface area contributed by atoms with Crippen molar-refractivity contribution in [3.8, 4) is 0 Å². The molecule has 2 heteroatoms. The van der Waals surface area contributed by atoms with Gasteiger partial charge in [0.05, 0.1) is 0 Å². The van der Waals surface area contributed by atoms with Gasteiger partial charge in [0.15, 0.2) is 0 Å². The lowest BCUT2D eigenvalue weighted by Crippen LogP contribution is -2.40. The summed E-state index contributed by atoms with van der Waals surface area (Å²) in [6, 6.07) is 9.61. The smallest absolute Gasteiger partial charge is 0.0175 e. The third-order valence-electron chi connectivity index (χ3n) is 4.62. The lowest BCUT2D eigenvalue weighted by atomic mass is 9.76. The highest BCUT2D eigenvalue weighted by Crippen LogP contribution is 2.37. The molecule has 118 valence electrons. The van der Waals surface area contributed by atoms with Gasteiger partial charge in [0.25, 0.3) is 0 Å². The summed E-state index contributed by atoms with van der Waals surface area (Å²) >= 11 is 3.50. The first-order chi connectivity index (χ1) is 10.1. The minimum Gasteiger partial charge on any atom is -0.314 e. The fraction of sp³-hybridized carbons (Fsp3) is 0.684.